The Morgan fingerprint density at radius 1 is 1.10 bits per heavy atom. The van der Waals surface area contributed by atoms with Crippen molar-refractivity contribution >= 4 is 5.91 Å². The molecule has 0 spiro atoms. The van der Waals surface area contributed by atoms with E-state index in [0.717, 1.165) is 30.6 Å². The first-order chi connectivity index (χ1) is 10.0. The zero-order valence-corrected chi connectivity index (χ0v) is 13.7. The smallest absolute Gasteiger partial charge is 0.223 e. The highest BCUT2D eigenvalue weighted by molar-refractivity contribution is 5.78. The summed E-state index contributed by atoms with van der Waals surface area (Å²) >= 11 is 0. The van der Waals surface area contributed by atoms with Crippen LogP contribution in [-0.4, -0.2) is 18.0 Å². The van der Waals surface area contributed by atoms with Crippen LogP contribution in [0.5, 0.6) is 0 Å². The van der Waals surface area contributed by atoms with Crippen molar-refractivity contribution in [2.45, 2.75) is 77.3 Å². The SMILES string of the molecule is CC(NC(=O)C(C)C1CCCC(N)C1)C1CC2CCC1C2. The fraction of sp³-hybridized carbons (Fsp3) is 0.944. The number of hydrogen-bond donors (Lipinski definition) is 2. The van der Waals surface area contributed by atoms with Gasteiger partial charge in [0.05, 0.1) is 0 Å². The summed E-state index contributed by atoms with van der Waals surface area (Å²) in [6.45, 7) is 4.33. The summed E-state index contributed by atoms with van der Waals surface area (Å²) < 4.78 is 0. The summed E-state index contributed by atoms with van der Waals surface area (Å²) in [5.41, 5.74) is 6.07. The normalized spacial score (nSPS) is 41.8. The molecule has 120 valence electrons. The van der Waals surface area contributed by atoms with Crippen molar-refractivity contribution in [1.29, 1.82) is 0 Å². The number of nitrogens with one attached hydrogen (secondary N) is 1. The van der Waals surface area contributed by atoms with Gasteiger partial charge in [0, 0.05) is 18.0 Å². The average molecular weight is 292 g/mol. The molecule has 0 aromatic carbocycles. The van der Waals surface area contributed by atoms with Gasteiger partial charge in [-0.25, -0.2) is 0 Å². The summed E-state index contributed by atoms with van der Waals surface area (Å²) in [5, 5.41) is 3.34. The zero-order valence-electron chi connectivity index (χ0n) is 13.7. The van der Waals surface area contributed by atoms with Gasteiger partial charge in [-0.05, 0) is 69.1 Å². The lowest BCUT2D eigenvalue weighted by Gasteiger charge is -2.33. The molecule has 0 aromatic heterocycles. The first kappa shape index (κ1) is 15.3. The molecule has 0 radical (unpaired) electrons. The molecule has 7 unspecified atom stereocenters. The summed E-state index contributed by atoms with van der Waals surface area (Å²) in [6.07, 6.45) is 10.1. The zero-order chi connectivity index (χ0) is 15.0. The van der Waals surface area contributed by atoms with E-state index in [0.29, 0.717) is 18.0 Å². The molecule has 0 aromatic rings. The van der Waals surface area contributed by atoms with Gasteiger partial charge < -0.3 is 11.1 Å². The Balaban J connectivity index is 1.51. The van der Waals surface area contributed by atoms with E-state index in [1.807, 2.05) is 0 Å². The van der Waals surface area contributed by atoms with Crippen molar-refractivity contribution in [2.24, 2.45) is 35.3 Å². The van der Waals surface area contributed by atoms with Crippen molar-refractivity contribution in [3.63, 3.8) is 0 Å². The number of rotatable bonds is 4. The third-order valence-electron chi connectivity index (χ3n) is 6.68. The monoisotopic (exact) mass is 292 g/mol. The Kier molecular flexibility index (Phi) is 4.58. The van der Waals surface area contributed by atoms with Crippen molar-refractivity contribution in [2.75, 3.05) is 0 Å². The average Bonchev–Trinajstić information content (AvgIpc) is 3.09. The topological polar surface area (TPSA) is 55.1 Å². The standard InChI is InChI=1S/C18H32N2O/c1-11(14-4-3-5-16(19)10-14)18(21)20-12(2)17-9-13-6-7-15(17)8-13/h11-17H,3-10,19H2,1-2H3,(H,20,21). The molecular weight excluding hydrogens is 260 g/mol. The Bertz CT molecular complexity index is 383. The van der Waals surface area contributed by atoms with Crippen LogP contribution in [0.4, 0.5) is 0 Å². The molecule has 7 atom stereocenters. The van der Waals surface area contributed by atoms with Gasteiger partial charge in [-0.1, -0.05) is 19.8 Å². The van der Waals surface area contributed by atoms with E-state index < -0.39 is 0 Å². The minimum atomic E-state index is 0.123. The highest BCUT2D eigenvalue weighted by atomic mass is 16.1. The van der Waals surface area contributed by atoms with Gasteiger partial charge in [0.15, 0.2) is 0 Å². The van der Waals surface area contributed by atoms with E-state index in [4.69, 9.17) is 5.73 Å². The number of fused-ring (bicyclic) bond motifs is 2. The number of hydrogen-bond acceptors (Lipinski definition) is 2. The van der Waals surface area contributed by atoms with Gasteiger partial charge in [0.1, 0.15) is 0 Å². The molecular formula is C18H32N2O. The second-order valence-electron chi connectivity index (χ2n) is 8.11. The molecule has 0 aliphatic heterocycles. The van der Waals surface area contributed by atoms with E-state index in [1.165, 1.54) is 38.5 Å². The van der Waals surface area contributed by atoms with E-state index in [2.05, 4.69) is 19.2 Å². The molecule has 3 saturated carbocycles. The maximum absolute atomic E-state index is 12.6. The quantitative estimate of drug-likeness (QED) is 0.836. The molecule has 3 nitrogen and oxygen atoms in total. The summed E-state index contributed by atoms with van der Waals surface area (Å²) in [4.78, 5) is 12.6. The molecule has 3 heteroatoms. The van der Waals surface area contributed by atoms with Gasteiger partial charge in [-0.3, -0.25) is 4.79 Å². The second kappa shape index (κ2) is 6.28. The van der Waals surface area contributed by atoms with Gasteiger partial charge >= 0.3 is 0 Å². The van der Waals surface area contributed by atoms with Crippen molar-refractivity contribution in [3.05, 3.63) is 0 Å². The molecule has 0 heterocycles. The Labute approximate surface area is 129 Å². The summed E-state index contributed by atoms with van der Waals surface area (Å²) in [5.74, 6) is 3.44. The first-order valence-corrected chi connectivity index (χ1v) is 9.10. The lowest BCUT2D eigenvalue weighted by Crippen LogP contribution is -2.45. The van der Waals surface area contributed by atoms with Crippen molar-refractivity contribution in [1.82, 2.24) is 5.32 Å². The number of nitrogens with two attached hydrogens (primary N) is 1. The molecule has 3 rings (SSSR count). The van der Waals surface area contributed by atoms with Crippen LogP contribution in [0.25, 0.3) is 0 Å². The van der Waals surface area contributed by atoms with Crippen LogP contribution in [0, 0.1) is 29.6 Å². The molecule has 3 aliphatic rings. The van der Waals surface area contributed by atoms with Crippen molar-refractivity contribution in [3.8, 4) is 0 Å². The molecule has 1 amide bonds. The Morgan fingerprint density at radius 3 is 2.52 bits per heavy atom. The predicted octanol–water partition coefficient (Wildman–Crippen LogP) is 3.08. The number of carbonyl (C=O) groups is 1. The van der Waals surface area contributed by atoms with Crippen LogP contribution in [-0.2, 0) is 4.79 Å². The van der Waals surface area contributed by atoms with Gasteiger partial charge in [0.25, 0.3) is 0 Å². The van der Waals surface area contributed by atoms with E-state index in [1.54, 1.807) is 0 Å². The Morgan fingerprint density at radius 2 is 1.90 bits per heavy atom. The van der Waals surface area contributed by atoms with Crippen LogP contribution in [0.2, 0.25) is 0 Å². The molecule has 21 heavy (non-hydrogen) atoms. The Hall–Kier alpha value is -0.570. The van der Waals surface area contributed by atoms with E-state index in [-0.39, 0.29) is 11.8 Å². The predicted molar refractivity (Wildman–Crippen MR) is 85.6 cm³/mol. The van der Waals surface area contributed by atoms with Gasteiger partial charge in [-0.15, -0.1) is 0 Å². The fourth-order valence-electron chi connectivity index (χ4n) is 5.30. The highest BCUT2D eigenvalue weighted by Crippen LogP contribution is 2.49. The second-order valence-corrected chi connectivity index (χ2v) is 8.11. The number of amides is 1. The molecule has 3 fully saturated rings. The minimum absolute atomic E-state index is 0.123. The van der Waals surface area contributed by atoms with Gasteiger partial charge in [-0.2, -0.15) is 0 Å². The summed E-state index contributed by atoms with van der Waals surface area (Å²) in [6, 6.07) is 0.662. The molecule has 0 saturated heterocycles. The van der Waals surface area contributed by atoms with E-state index in [9.17, 15) is 4.79 Å². The summed E-state index contributed by atoms with van der Waals surface area (Å²) in [7, 11) is 0. The third kappa shape index (κ3) is 3.28. The minimum Gasteiger partial charge on any atom is -0.353 e. The fourth-order valence-corrected chi connectivity index (χ4v) is 5.30. The van der Waals surface area contributed by atoms with Crippen molar-refractivity contribution < 1.29 is 4.79 Å². The van der Waals surface area contributed by atoms with Crippen LogP contribution >= 0.6 is 0 Å². The van der Waals surface area contributed by atoms with Gasteiger partial charge in [0.2, 0.25) is 5.91 Å². The molecule has 3 aliphatic carbocycles. The maximum atomic E-state index is 12.6. The number of carbonyl (C=O) groups excluding carboxylic acids is 1. The third-order valence-corrected chi connectivity index (χ3v) is 6.68. The van der Waals surface area contributed by atoms with Crippen LogP contribution in [0.15, 0.2) is 0 Å². The molecule has 2 bridgehead atoms. The van der Waals surface area contributed by atoms with Crippen LogP contribution in [0.1, 0.15) is 65.2 Å². The lowest BCUT2D eigenvalue weighted by molar-refractivity contribution is -0.127. The van der Waals surface area contributed by atoms with E-state index >= 15 is 0 Å². The van der Waals surface area contributed by atoms with Crippen LogP contribution in [0.3, 0.4) is 0 Å². The lowest BCUT2D eigenvalue weighted by atomic mass is 9.78. The van der Waals surface area contributed by atoms with Crippen LogP contribution < -0.4 is 11.1 Å². The molecule has 3 N–H and O–H groups in total. The largest absolute Gasteiger partial charge is 0.353 e. The first-order valence-electron chi connectivity index (χ1n) is 9.10. The highest BCUT2D eigenvalue weighted by Gasteiger charge is 2.42. The maximum Gasteiger partial charge on any atom is 0.223 e.